The fourth-order valence-corrected chi connectivity index (χ4v) is 3.84. The molecule has 0 radical (unpaired) electrons. The van der Waals surface area contributed by atoms with Crippen molar-refractivity contribution in [2.24, 2.45) is 0 Å². The molecule has 9 nitrogen and oxygen atoms in total. The quantitative estimate of drug-likeness (QED) is 0.537. The van der Waals surface area contributed by atoms with E-state index in [0.717, 1.165) is 11.3 Å². The molecule has 186 valence electrons. The maximum absolute atomic E-state index is 12.6. The van der Waals surface area contributed by atoms with Gasteiger partial charge in [0.2, 0.25) is 11.8 Å². The molecule has 0 aromatic heterocycles. The van der Waals surface area contributed by atoms with Crippen LogP contribution in [0.15, 0.2) is 54.6 Å². The van der Waals surface area contributed by atoms with Crippen LogP contribution in [0.25, 0.3) is 0 Å². The summed E-state index contributed by atoms with van der Waals surface area (Å²) in [6, 6.07) is 14.8. The van der Waals surface area contributed by atoms with Crippen LogP contribution in [0, 0.1) is 6.92 Å². The van der Waals surface area contributed by atoms with Gasteiger partial charge < -0.3 is 25.0 Å². The average molecular weight is 482 g/mol. The number of benzene rings is 2. The summed E-state index contributed by atoms with van der Waals surface area (Å²) in [6.45, 7) is 3.84. The molecule has 2 aromatic rings. The molecule has 1 aliphatic rings. The number of nitrogens with one attached hydrogen (secondary N) is 1. The Morgan fingerprint density at radius 3 is 2.06 bits per heavy atom. The smallest absolute Gasteiger partial charge is 0.326 e. The highest BCUT2D eigenvalue weighted by molar-refractivity contribution is 5.96. The van der Waals surface area contributed by atoms with Crippen molar-refractivity contribution in [1.29, 1.82) is 0 Å². The summed E-state index contributed by atoms with van der Waals surface area (Å²) < 4.78 is 5.70. The Morgan fingerprint density at radius 2 is 1.46 bits per heavy atom. The lowest BCUT2D eigenvalue weighted by molar-refractivity contribution is -0.141. The second-order valence-electron chi connectivity index (χ2n) is 8.39. The standard InChI is InChI=1S/C26H31N3O6/c1-19-7-5-6-10-22(19)35-18-13-24(31)29-16-14-28(15-17-29)23(30)12-11-21(26(33)34)27-25(32)20-8-3-2-4-9-20/h2-10,21H,11-18H2,1H3,(H,27,32)(H,33,34)/t21-/m0/s1. The van der Waals surface area contributed by atoms with Crippen molar-refractivity contribution in [3.8, 4) is 5.75 Å². The molecule has 0 spiro atoms. The summed E-state index contributed by atoms with van der Waals surface area (Å²) in [5.41, 5.74) is 1.37. The van der Waals surface area contributed by atoms with E-state index < -0.39 is 17.9 Å². The minimum absolute atomic E-state index is 0.00967. The molecule has 3 amide bonds. The number of ether oxygens (including phenoxy) is 1. The second-order valence-corrected chi connectivity index (χ2v) is 8.39. The maximum atomic E-state index is 12.6. The molecule has 2 aromatic carbocycles. The van der Waals surface area contributed by atoms with Crippen LogP contribution in [0.1, 0.15) is 35.2 Å². The number of carbonyl (C=O) groups is 4. The first-order valence-corrected chi connectivity index (χ1v) is 11.7. The van der Waals surface area contributed by atoms with Crippen molar-refractivity contribution < 1.29 is 29.0 Å². The highest BCUT2D eigenvalue weighted by atomic mass is 16.5. The molecule has 9 heteroatoms. The highest BCUT2D eigenvalue weighted by Gasteiger charge is 2.26. The van der Waals surface area contributed by atoms with Gasteiger partial charge in [0.1, 0.15) is 11.8 Å². The lowest BCUT2D eigenvalue weighted by atomic mass is 10.1. The van der Waals surface area contributed by atoms with Crippen molar-refractivity contribution in [2.45, 2.75) is 32.2 Å². The fraction of sp³-hybridized carbons (Fsp3) is 0.385. The van der Waals surface area contributed by atoms with Gasteiger partial charge in [-0.3, -0.25) is 14.4 Å². The van der Waals surface area contributed by atoms with Crippen LogP contribution in [-0.4, -0.2) is 77.4 Å². The number of aliphatic carboxylic acids is 1. The van der Waals surface area contributed by atoms with Gasteiger partial charge in [0, 0.05) is 38.2 Å². The van der Waals surface area contributed by atoms with Crippen molar-refractivity contribution in [1.82, 2.24) is 15.1 Å². The molecule has 1 saturated heterocycles. The zero-order valence-electron chi connectivity index (χ0n) is 19.8. The van der Waals surface area contributed by atoms with Crippen LogP contribution in [0.3, 0.4) is 0 Å². The van der Waals surface area contributed by atoms with Crippen molar-refractivity contribution >= 4 is 23.7 Å². The summed E-state index contributed by atoms with van der Waals surface area (Å²) in [7, 11) is 0. The minimum atomic E-state index is -1.19. The number of aryl methyl sites for hydroxylation is 1. The summed E-state index contributed by atoms with van der Waals surface area (Å²) >= 11 is 0. The first-order valence-electron chi connectivity index (χ1n) is 11.7. The van der Waals surface area contributed by atoms with Crippen LogP contribution in [-0.2, 0) is 14.4 Å². The lowest BCUT2D eigenvalue weighted by Gasteiger charge is -2.35. The Morgan fingerprint density at radius 1 is 0.886 bits per heavy atom. The van der Waals surface area contributed by atoms with E-state index in [-0.39, 0.29) is 37.7 Å². The summed E-state index contributed by atoms with van der Waals surface area (Å²) in [6.07, 6.45) is 0.232. The maximum Gasteiger partial charge on any atom is 0.326 e. The number of hydrogen-bond acceptors (Lipinski definition) is 5. The monoisotopic (exact) mass is 481 g/mol. The SMILES string of the molecule is Cc1ccccc1OCCC(=O)N1CCN(C(=O)CC[C@H](NC(=O)c2ccccc2)C(=O)O)CC1. The molecule has 3 rings (SSSR count). The normalized spacial score (nSPS) is 14.2. The van der Waals surface area contributed by atoms with Gasteiger partial charge in [0.05, 0.1) is 13.0 Å². The Kier molecular flexibility index (Phi) is 9.23. The summed E-state index contributed by atoms with van der Waals surface area (Å²) in [5.74, 6) is -1.15. The summed E-state index contributed by atoms with van der Waals surface area (Å²) in [5, 5.41) is 11.9. The van der Waals surface area contributed by atoms with E-state index in [1.54, 1.807) is 40.1 Å². The largest absolute Gasteiger partial charge is 0.493 e. The van der Waals surface area contributed by atoms with E-state index in [1.165, 1.54) is 0 Å². The predicted octanol–water partition coefficient (Wildman–Crippen LogP) is 2.10. The number of piperazine rings is 1. The van der Waals surface area contributed by atoms with Gasteiger partial charge in [-0.05, 0) is 37.1 Å². The number of para-hydroxylation sites is 1. The molecular formula is C26H31N3O6. The number of nitrogens with zero attached hydrogens (tertiary/aromatic N) is 2. The molecule has 2 N–H and O–H groups in total. The van der Waals surface area contributed by atoms with Crippen molar-refractivity contribution in [2.75, 3.05) is 32.8 Å². The zero-order chi connectivity index (χ0) is 25.2. The Balaban J connectivity index is 1.39. The van der Waals surface area contributed by atoms with Gasteiger partial charge in [0.25, 0.3) is 5.91 Å². The summed E-state index contributed by atoms with van der Waals surface area (Å²) in [4.78, 5) is 52.3. The number of rotatable bonds is 10. The third kappa shape index (κ3) is 7.56. The minimum Gasteiger partial charge on any atom is -0.493 e. The van der Waals surface area contributed by atoms with E-state index in [4.69, 9.17) is 4.74 Å². The molecule has 1 fully saturated rings. The molecule has 0 saturated carbocycles. The number of hydrogen-bond donors (Lipinski definition) is 2. The third-order valence-corrected chi connectivity index (χ3v) is 5.94. The van der Waals surface area contributed by atoms with Gasteiger partial charge in [-0.15, -0.1) is 0 Å². The lowest BCUT2D eigenvalue weighted by Crippen LogP contribution is -2.51. The first kappa shape index (κ1) is 25.7. The van der Waals surface area contributed by atoms with E-state index in [9.17, 15) is 24.3 Å². The van der Waals surface area contributed by atoms with Crippen LogP contribution in [0.5, 0.6) is 5.75 Å². The number of carboxylic acids is 1. The van der Waals surface area contributed by atoms with Crippen molar-refractivity contribution in [3.05, 3.63) is 65.7 Å². The topological polar surface area (TPSA) is 116 Å². The molecular weight excluding hydrogens is 450 g/mol. The van der Waals surface area contributed by atoms with Crippen molar-refractivity contribution in [3.63, 3.8) is 0 Å². The molecule has 1 atom stereocenters. The average Bonchev–Trinajstić information content (AvgIpc) is 2.87. The first-order chi connectivity index (χ1) is 16.8. The van der Waals surface area contributed by atoms with Crippen LogP contribution in [0.2, 0.25) is 0 Å². The van der Waals surface area contributed by atoms with Gasteiger partial charge in [-0.2, -0.15) is 0 Å². The van der Waals surface area contributed by atoms with Crippen LogP contribution in [0.4, 0.5) is 0 Å². The Labute approximate surface area is 204 Å². The molecule has 0 aliphatic carbocycles. The molecule has 1 aliphatic heterocycles. The van der Waals surface area contributed by atoms with Gasteiger partial charge in [-0.25, -0.2) is 4.79 Å². The third-order valence-electron chi connectivity index (χ3n) is 5.94. The van der Waals surface area contributed by atoms with E-state index in [2.05, 4.69) is 5.32 Å². The second kappa shape index (κ2) is 12.5. The van der Waals surface area contributed by atoms with E-state index in [1.807, 2.05) is 31.2 Å². The Hall–Kier alpha value is -3.88. The molecule has 0 bridgehead atoms. The fourth-order valence-electron chi connectivity index (χ4n) is 3.84. The zero-order valence-corrected chi connectivity index (χ0v) is 19.8. The predicted molar refractivity (Wildman–Crippen MR) is 129 cm³/mol. The highest BCUT2D eigenvalue weighted by Crippen LogP contribution is 2.16. The van der Waals surface area contributed by atoms with Crippen LogP contribution >= 0.6 is 0 Å². The number of amides is 3. The number of carboxylic acid groups (broad SMARTS) is 1. The Bertz CT molecular complexity index is 1030. The molecule has 35 heavy (non-hydrogen) atoms. The molecule has 0 unspecified atom stereocenters. The van der Waals surface area contributed by atoms with E-state index >= 15 is 0 Å². The van der Waals surface area contributed by atoms with Crippen LogP contribution < -0.4 is 10.1 Å². The van der Waals surface area contributed by atoms with E-state index in [0.29, 0.717) is 31.7 Å². The van der Waals surface area contributed by atoms with Gasteiger partial charge >= 0.3 is 5.97 Å². The van der Waals surface area contributed by atoms with Gasteiger partial charge in [-0.1, -0.05) is 36.4 Å². The molecule has 1 heterocycles. The van der Waals surface area contributed by atoms with Gasteiger partial charge in [0.15, 0.2) is 0 Å². The number of carbonyl (C=O) groups excluding carboxylic acids is 3.